The summed E-state index contributed by atoms with van der Waals surface area (Å²) in [6.07, 6.45) is 6.13. The largest absolute Gasteiger partial charge is 0.393 e. The van der Waals surface area contributed by atoms with Crippen LogP contribution in [0, 0.1) is 0 Å². The summed E-state index contributed by atoms with van der Waals surface area (Å²) in [6, 6.07) is 8.16. The van der Waals surface area contributed by atoms with Crippen LogP contribution in [0.1, 0.15) is 37.7 Å². The number of aliphatic hydroxyl groups excluding tert-OH is 1. The Morgan fingerprint density at radius 1 is 1.18 bits per heavy atom. The van der Waals surface area contributed by atoms with Crippen molar-refractivity contribution in [1.29, 1.82) is 0 Å². The smallest absolute Gasteiger partial charge is 0.328 e. The molecule has 3 aromatic rings. The van der Waals surface area contributed by atoms with Crippen LogP contribution in [0.15, 0.2) is 30.6 Å². The lowest BCUT2D eigenvalue weighted by atomic mass is 9.93. The van der Waals surface area contributed by atoms with Gasteiger partial charge in [-0.15, -0.1) is 0 Å². The Bertz CT molecular complexity index is 1130. The number of carbonyl (C=O) groups is 1. The first-order valence-corrected chi connectivity index (χ1v) is 11.6. The zero-order chi connectivity index (χ0) is 22.8. The van der Waals surface area contributed by atoms with E-state index in [-0.39, 0.29) is 18.2 Å². The van der Waals surface area contributed by atoms with E-state index >= 15 is 0 Å². The molecule has 10 heteroatoms. The van der Waals surface area contributed by atoms with Crippen LogP contribution < -0.4 is 16.0 Å². The van der Waals surface area contributed by atoms with Crippen molar-refractivity contribution in [3.63, 3.8) is 0 Å². The maximum absolute atomic E-state index is 12.7. The molecule has 0 spiro atoms. The van der Waals surface area contributed by atoms with Crippen LogP contribution in [-0.4, -0.2) is 67.8 Å². The topological polar surface area (TPSA) is 120 Å². The van der Waals surface area contributed by atoms with Gasteiger partial charge in [0.25, 0.3) is 0 Å². The molecule has 2 fully saturated rings. The van der Waals surface area contributed by atoms with E-state index in [2.05, 4.69) is 47.9 Å². The highest BCUT2D eigenvalue weighted by molar-refractivity contribution is 5.92. The van der Waals surface area contributed by atoms with Crippen molar-refractivity contribution in [2.45, 2.75) is 50.8 Å². The second-order valence-corrected chi connectivity index (χ2v) is 8.84. The van der Waals surface area contributed by atoms with E-state index in [0.717, 1.165) is 57.4 Å². The third kappa shape index (κ3) is 4.76. The molecule has 1 saturated carbocycles. The molecule has 1 aliphatic carbocycles. The maximum Gasteiger partial charge on any atom is 0.328 e. The quantitative estimate of drug-likeness (QED) is 0.452. The number of hydrogen-bond acceptors (Lipinski definition) is 8. The number of amides is 1. The summed E-state index contributed by atoms with van der Waals surface area (Å²) in [5.41, 5.74) is 3.05. The number of carbonyl (C=O) groups excluding carboxylic acids is 1. The molecule has 2 aliphatic rings. The molecule has 174 valence electrons. The van der Waals surface area contributed by atoms with Gasteiger partial charge in [-0.2, -0.15) is 9.97 Å². The molecule has 33 heavy (non-hydrogen) atoms. The first-order chi connectivity index (χ1) is 16.1. The molecule has 2 aromatic heterocycles. The number of aromatic nitrogens is 4. The highest BCUT2D eigenvalue weighted by atomic mass is 16.3. The minimum Gasteiger partial charge on any atom is -0.393 e. The number of anilines is 3. The third-order valence-electron chi connectivity index (χ3n) is 6.43. The van der Waals surface area contributed by atoms with E-state index in [0.29, 0.717) is 22.9 Å². The number of rotatable bonds is 6. The number of fused-ring (bicyclic) bond motifs is 1. The first kappa shape index (κ1) is 21.6. The lowest BCUT2D eigenvalue weighted by molar-refractivity contribution is 0.0792. The summed E-state index contributed by atoms with van der Waals surface area (Å²) in [4.78, 5) is 28.6. The average Bonchev–Trinajstić information content (AvgIpc) is 3.21. The predicted octanol–water partition coefficient (Wildman–Crippen LogP) is 2.68. The zero-order valence-electron chi connectivity index (χ0n) is 18.8. The van der Waals surface area contributed by atoms with Crippen molar-refractivity contribution in [3.05, 3.63) is 36.2 Å². The Morgan fingerprint density at radius 3 is 2.73 bits per heavy atom. The fourth-order valence-electron chi connectivity index (χ4n) is 4.29. The first-order valence-electron chi connectivity index (χ1n) is 11.6. The molecule has 10 nitrogen and oxygen atoms in total. The van der Waals surface area contributed by atoms with Gasteiger partial charge in [-0.1, -0.05) is 12.1 Å². The molecule has 5 rings (SSSR count). The fourth-order valence-corrected chi connectivity index (χ4v) is 4.29. The molecule has 0 atom stereocenters. The van der Waals surface area contributed by atoms with Crippen LogP contribution >= 0.6 is 0 Å². The van der Waals surface area contributed by atoms with Crippen LogP contribution in [0.2, 0.25) is 0 Å². The number of aliphatic hydroxyl groups is 1. The Balaban J connectivity index is 1.36. The number of likely N-dealkylation sites (tertiary alicyclic amines) is 1. The predicted molar refractivity (Wildman–Crippen MR) is 127 cm³/mol. The second kappa shape index (κ2) is 9.32. The third-order valence-corrected chi connectivity index (χ3v) is 6.43. The number of benzene rings is 1. The Kier molecular flexibility index (Phi) is 6.10. The summed E-state index contributed by atoms with van der Waals surface area (Å²) in [6.45, 7) is 2.63. The Hall–Kier alpha value is -3.24. The van der Waals surface area contributed by atoms with Crippen molar-refractivity contribution in [1.82, 2.24) is 29.7 Å². The van der Waals surface area contributed by atoms with Gasteiger partial charge >= 0.3 is 6.03 Å². The normalized spacial score (nSPS) is 17.6. The van der Waals surface area contributed by atoms with Gasteiger partial charge in [-0.3, -0.25) is 4.90 Å². The summed E-state index contributed by atoms with van der Waals surface area (Å²) < 4.78 is 1.45. The van der Waals surface area contributed by atoms with Gasteiger partial charge in [-0.05, 0) is 49.8 Å². The van der Waals surface area contributed by atoms with E-state index in [1.807, 2.05) is 12.1 Å². The SMILES string of the molecule is CNc1nc(Nc2cccc(CN3CCC(O)CC3)c2)nc2c1ncn2C(=O)NC1CCC1. The molecule has 3 heterocycles. The molecule has 4 N–H and O–H groups in total. The van der Waals surface area contributed by atoms with Gasteiger partial charge < -0.3 is 21.1 Å². The highest BCUT2D eigenvalue weighted by Gasteiger charge is 2.23. The highest BCUT2D eigenvalue weighted by Crippen LogP contribution is 2.24. The number of nitrogens with one attached hydrogen (secondary N) is 3. The second-order valence-electron chi connectivity index (χ2n) is 8.84. The Labute approximate surface area is 192 Å². The summed E-state index contributed by atoms with van der Waals surface area (Å²) in [5.74, 6) is 0.948. The molecule has 1 aliphatic heterocycles. The van der Waals surface area contributed by atoms with Crippen molar-refractivity contribution in [2.24, 2.45) is 0 Å². The number of hydrogen-bond donors (Lipinski definition) is 4. The lowest BCUT2D eigenvalue weighted by Gasteiger charge is -2.29. The summed E-state index contributed by atoms with van der Waals surface area (Å²) in [5, 5.41) is 19.1. The van der Waals surface area contributed by atoms with Gasteiger partial charge in [-0.25, -0.2) is 14.3 Å². The van der Waals surface area contributed by atoms with Crippen LogP contribution in [0.4, 0.5) is 22.2 Å². The molecule has 0 radical (unpaired) electrons. The average molecular weight is 451 g/mol. The van der Waals surface area contributed by atoms with E-state index in [9.17, 15) is 9.90 Å². The van der Waals surface area contributed by atoms with Crippen LogP contribution in [0.25, 0.3) is 11.2 Å². The maximum atomic E-state index is 12.7. The van der Waals surface area contributed by atoms with E-state index in [1.165, 1.54) is 16.5 Å². The molecular weight excluding hydrogens is 420 g/mol. The van der Waals surface area contributed by atoms with E-state index in [4.69, 9.17) is 0 Å². The molecule has 1 saturated heterocycles. The van der Waals surface area contributed by atoms with Gasteiger partial charge in [0, 0.05) is 38.4 Å². The molecule has 0 unspecified atom stereocenters. The zero-order valence-corrected chi connectivity index (χ0v) is 18.8. The van der Waals surface area contributed by atoms with Crippen molar-refractivity contribution < 1.29 is 9.90 Å². The molecule has 1 aromatic carbocycles. The van der Waals surface area contributed by atoms with Gasteiger partial charge in [0.2, 0.25) is 5.95 Å². The standard InChI is InChI=1S/C23H30N8O2/c1-24-20-19-21(31(14-25-19)23(33)27-16-5-3-6-16)29-22(28-20)26-17-7-2-4-15(12-17)13-30-10-8-18(32)9-11-30/h2,4,7,12,14,16,18,32H,3,5-6,8-11,13H2,1H3,(H,27,33)(H2,24,26,28,29). The van der Waals surface area contributed by atoms with Crippen LogP contribution in [0.3, 0.4) is 0 Å². The van der Waals surface area contributed by atoms with Gasteiger partial charge in [0.15, 0.2) is 17.0 Å². The fraction of sp³-hybridized carbons (Fsp3) is 0.478. The monoisotopic (exact) mass is 450 g/mol. The van der Waals surface area contributed by atoms with Crippen molar-refractivity contribution in [3.8, 4) is 0 Å². The van der Waals surface area contributed by atoms with Crippen LogP contribution in [0.5, 0.6) is 0 Å². The Morgan fingerprint density at radius 2 is 2.00 bits per heavy atom. The number of piperidine rings is 1. The van der Waals surface area contributed by atoms with Crippen LogP contribution in [-0.2, 0) is 6.54 Å². The number of nitrogens with zero attached hydrogens (tertiary/aromatic N) is 5. The van der Waals surface area contributed by atoms with Gasteiger partial charge in [0.1, 0.15) is 6.33 Å². The van der Waals surface area contributed by atoms with Crippen molar-refractivity contribution in [2.75, 3.05) is 30.8 Å². The van der Waals surface area contributed by atoms with Gasteiger partial charge in [0.05, 0.1) is 6.10 Å². The molecular formula is C23H30N8O2. The summed E-state index contributed by atoms with van der Waals surface area (Å²) >= 11 is 0. The van der Waals surface area contributed by atoms with E-state index < -0.39 is 0 Å². The molecule has 1 amide bonds. The lowest BCUT2D eigenvalue weighted by Crippen LogP contribution is -2.41. The number of imidazole rings is 1. The molecule has 0 bridgehead atoms. The minimum absolute atomic E-state index is 0.174. The van der Waals surface area contributed by atoms with Crippen molar-refractivity contribution >= 4 is 34.6 Å². The summed E-state index contributed by atoms with van der Waals surface area (Å²) in [7, 11) is 1.77. The minimum atomic E-state index is -0.220. The van der Waals surface area contributed by atoms with E-state index in [1.54, 1.807) is 7.05 Å².